The molecule has 0 aliphatic carbocycles. The van der Waals surface area contributed by atoms with Crippen molar-refractivity contribution >= 4 is 27.4 Å². The summed E-state index contributed by atoms with van der Waals surface area (Å²) in [6, 6.07) is 1.62. The maximum atomic E-state index is 11.8. The molecule has 6 nitrogen and oxygen atoms in total. The minimum absolute atomic E-state index is 0.211. The second-order valence-electron chi connectivity index (χ2n) is 4.07. The van der Waals surface area contributed by atoms with E-state index in [1.54, 1.807) is 12.3 Å². The molecule has 1 fully saturated rings. The van der Waals surface area contributed by atoms with Crippen LogP contribution in [0.5, 0.6) is 0 Å². The number of thiazole rings is 1. The molecule has 0 bridgehead atoms. The van der Waals surface area contributed by atoms with E-state index >= 15 is 0 Å². The molecule has 2 aromatic heterocycles. The molecular formula is C12H13N3O3S. The second kappa shape index (κ2) is 5.41. The molecule has 0 radical (unpaired) electrons. The summed E-state index contributed by atoms with van der Waals surface area (Å²) >= 11 is 1.46. The number of nitrogens with one attached hydrogen (secondary N) is 1. The number of morpholine rings is 1. The number of anilines is 2. The SMILES string of the molecule is O=C(Nc1ncc(N2CCOCC2)s1)c1ccoc1. The van der Waals surface area contributed by atoms with Crippen LogP contribution in [0.4, 0.5) is 10.1 Å². The van der Waals surface area contributed by atoms with Crippen LogP contribution in [0.25, 0.3) is 0 Å². The minimum Gasteiger partial charge on any atom is -0.472 e. The van der Waals surface area contributed by atoms with Gasteiger partial charge in [-0.3, -0.25) is 10.1 Å². The van der Waals surface area contributed by atoms with Crippen molar-refractivity contribution in [1.29, 1.82) is 0 Å². The zero-order chi connectivity index (χ0) is 13.1. The standard InChI is InChI=1S/C12H13N3O3S/c16-11(9-1-4-18-8-9)14-12-13-7-10(19-12)15-2-5-17-6-3-15/h1,4,7-8H,2-3,5-6H2,(H,13,14,16). The largest absolute Gasteiger partial charge is 0.472 e. The van der Waals surface area contributed by atoms with E-state index in [0.717, 1.165) is 31.3 Å². The van der Waals surface area contributed by atoms with E-state index < -0.39 is 0 Å². The Morgan fingerprint density at radius 2 is 2.26 bits per heavy atom. The van der Waals surface area contributed by atoms with E-state index in [-0.39, 0.29) is 5.91 Å². The van der Waals surface area contributed by atoms with Gasteiger partial charge in [0.2, 0.25) is 0 Å². The van der Waals surface area contributed by atoms with E-state index in [1.165, 1.54) is 23.9 Å². The van der Waals surface area contributed by atoms with Gasteiger partial charge >= 0.3 is 0 Å². The van der Waals surface area contributed by atoms with Gasteiger partial charge in [-0.15, -0.1) is 0 Å². The van der Waals surface area contributed by atoms with Gasteiger partial charge in [0.15, 0.2) is 5.13 Å². The highest BCUT2D eigenvalue weighted by molar-refractivity contribution is 7.19. The average Bonchev–Trinajstić information content (AvgIpc) is 3.11. The topological polar surface area (TPSA) is 67.6 Å². The number of nitrogens with zero attached hydrogens (tertiary/aromatic N) is 2. The summed E-state index contributed by atoms with van der Waals surface area (Å²) in [5, 5.41) is 4.39. The van der Waals surface area contributed by atoms with Crippen LogP contribution in [-0.4, -0.2) is 37.2 Å². The molecule has 2 aromatic rings. The van der Waals surface area contributed by atoms with Gasteiger partial charge in [0.05, 0.1) is 31.2 Å². The second-order valence-corrected chi connectivity index (χ2v) is 5.08. The molecule has 0 spiro atoms. The summed E-state index contributed by atoms with van der Waals surface area (Å²) in [6.07, 6.45) is 4.66. The summed E-state index contributed by atoms with van der Waals surface area (Å²) in [5.41, 5.74) is 0.489. The van der Waals surface area contributed by atoms with E-state index in [9.17, 15) is 4.79 Å². The number of carbonyl (C=O) groups is 1. The van der Waals surface area contributed by atoms with Crippen molar-refractivity contribution in [2.75, 3.05) is 36.5 Å². The van der Waals surface area contributed by atoms with Gasteiger partial charge in [-0.1, -0.05) is 11.3 Å². The number of ether oxygens (including phenoxy) is 1. The Balaban J connectivity index is 1.66. The van der Waals surface area contributed by atoms with Crippen LogP contribution in [-0.2, 0) is 4.74 Å². The van der Waals surface area contributed by atoms with Crippen LogP contribution < -0.4 is 10.2 Å². The van der Waals surface area contributed by atoms with Crippen LogP contribution in [0, 0.1) is 0 Å². The fourth-order valence-electron chi connectivity index (χ4n) is 1.82. The molecule has 1 saturated heterocycles. The zero-order valence-corrected chi connectivity index (χ0v) is 11.0. The predicted molar refractivity (Wildman–Crippen MR) is 71.8 cm³/mol. The molecule has 0 unspecified atom stereocenters. The smallest absolute Gasteiger partial charge is 0.260 e. The Bertz CT molecular complexity index is 546. The summed E-state index contributed by atoms with van der Waals surface area (Å²) in [4.78, 5) is 18.2. The number of amides is 1. The molecule has 0 saturated carbocycles. The predicted octanol–water partition coefficient (Wildman–Crippen LogP) is 1.83. The first-order valence-corrected chi connectivity index (χ1v) is 6.76. The molecule has 0 atom stereocenters. The first kappa shape index (κ1) is 12.2. The van der Waals surface area contributed by atoms with Gasteiger partial charge in [-0.05, 0) is 6.07 Å². The third-order valence-corrected chi connectivity index (χ3v) is 3.79. The van der Waals surface area contributed by atoms with Gasteiger partial charge in [0.1, 0.15) is 11.3 Å². The maximum Gasteiger partial charge on any atom is 0.260 e. The zero-order valence-electron chi connectivity index (χ0n) is 10.2. The average molecular weight is 279 g/mol. The Kier molecular flexibility index (Phi) is 3.47. The lowest BCUT2D eigenvalue weighted by Gasteiger charge is -2.26. The van der Waals surface area contributed by atoms with Crippen LogP contribution in [0.1, 0.15) is 10.4 Å². The Morgan fingerprint density at radius 1 is 1.42 bits per heavy atom. The van der Waals surface area contributed by atoms with Crippen LogP contribution in [0.2, 0.25) is 0 Å². The van der Waals surface area contributed by atoms with E-state index in [1.807, 2.05) is 0 Å². The van der Waals surface area contributed by atoms with Crippen molar-refractivity contribution in [2.45, 2.75) is 0 Å². The van der Waals surface area contributed by atoms with Crippen molar-refractivity contribution in [3.8, 4) is 0 Å². The van der Waals surface area contributed by atoms with Gasteiger partial charge in [-0.2, -0.15) is 0 Å². The molecule has 1 aliphatic heterocycles. The van der Waals surface area contributed by atoms with Crippen LogP contribution in [0.3, 0.4) is 0 Å². The molecule has 3 heterocycles. The highest BCUT2D eigenvalue weighted by Gasteiger charge is 2.15. The number of hydrogen-bond acceptors (Lipinski definition) is 6. The van der Waals surface area contributed by atoms with Crippen molar-refractivity contribution in [3.63, 3.8) is 0 Å². The quantitative estimate of drug-likeness (QED) is 0.928. The molecule has 100 valence electrons. The van der Waals surface area contributed by atoms with E-state index in [2.05, 4.69) is 15.2 Å². The van der Waals surface area contributed by atoms with Gasteiger partial charge in [0.25, 0.3) is 5.91 Å². The molecule has 3 rings (SSSR count). The summed E-state index contributed by atoms with van der Waals surface area (Å²) in [5.74, 6) is -0.211. The van der Waals surface area contributed by atoms with Gasteiger partial charge < -0.3 is 14.1 Å². The van der Waals surface area contributed by atoms with Crippen molar-refractivity contribution in [2.24, 2.45) is 0 Å². The highest BCUT2D eigenvalue weighted by atomic mass is 32.1. The fourth-order valence-corrected chi connectivity index (χ4v) is 2.68. The number of carbonyl (C=O) groups excluding carboxylic acids is 1. The number of furan rings is 1. The molecule has 1 N–H and O–H groups in total. The van der Waals surface area contributed by atoms with Crippen molar-refractivity contribution < 1.29 is 13.9 Å². The molecule has 7 heteroatoms. The molecule has 1 aliphatic rings. The fraction of sp³-hybridized carbons (Fsp3) is 0.333. The summed E-state index contributed by atoms with van der Waals surface area (Å²) < 4.78 is 10.2. The van der Waals surface area contributed by atoms with Gasteiger partial charge in [-0.25, -0.2) is 4.98 Å². The molecule has 1 amide bonds. The lowest BCUT2D eigenvalue weighted by molar-refractivity contribution is 0.102. The first-order chi connectivity index (χ1) is 9.33. The molecule has 0 aromatic carbocycles. The Morgan fingerprint density at radius 3 is 3.00 bits per heavy atom. The number of hydrogen-bond donors (Lipinski definition) is 1. The summed E-state index contributed by atoms with van der Waals surface area (Å²) in [6.45, 7) is 3.18. The summed E-state index contributed by atoms with van der Waals surface area (Å²) in [7, 11) is 0. The number of rotatable bonds is 3. The highest BCUT2D eigenvalue weighted by Crippen LogP contribution is 2.27. The minimum atomic E-state index is -0.211. The van der Waals surface area contributed by atoms with E-state index in [0.29, 0.717) is 10.7 Å². The van der Waals surface area contributed by atoms with Crippen LogP contribution >= 0.6 is 11.3 Å². The molecule has 19 heavy (non-hydrogen) atoms. The maximum absolute atomic E-state index is 11.8. The third-order valence-electron chi connectivity index (χ3n) is 2.82. The monoisotopic (exact) mass is 279 g/mol. The Hall–Kier alpha value is -1.86. The molecular weight excluding hydrogens is 266 g/mol. The van der Waals surface area contributed by atoms with Gasteiger partial charge in [0, 0.05) is 13.1 Å². The van der Waals surface area contributed by atoms with Crippen LogP contribution in [0.15, 0.2) is 29.2 Å². The van der Waals surface area contributed by atoms with E-state index in [4.69, 9.17) is 9.15 Å². The van der Waals surface area contributed by atoms with Crippen molar-refractivity contribution in [3.05, 3.63) is 30.4 Å². The number of aromatic nitrogens is 1. The third kappa shape index (κ3) is 2.77. The Labute approximate surface area is 114 Å². The lowest BCUT2D eigenvalue weighted by atomic mass is 10.3. The lowest BCUT2D eigenvalue weighted by Crippen LogP contribution is -2.35. The van der Waals surface area contributed by atoms with Crippen molar-refractivity contribution in [1.82, 2.24) is 4.98 Å². The normalized spacial score (nSPS) is 15.5. The first-order valence-electron chi connectivity index (χ1n) is 5.95.